The standard InChI is InChI=1S/C59H90O18/c1-7-41-33(5)30(2)20-34(66-41)8-10-42-31(3)21-36(67-42)12-16-58-18-14-44(74-58)55-56(64-6)57(77-58)54-43(72-55)11-9-35(70-54)25-52(63)69-38-24-48-47(65-29-38)27-50-49(71-48)23-37(68-50)22-46-39(61)13-17-59(75-46)28-32(4)53-51(76-59)26-45(73-53)40(62)15-19-60/h30,32,34-51,53-57,60-62H,3,5,7-29H2,1-2,4,6H3/t30-,32+,34+,35-,36+,37+,38-,39+,40+,41-,42+,43+,44+,45+,46+,47+,48?,49?,50-,51+,53+,54+,55+,56?,57+,58+,59-/m1/s1. The van der Waals surface area contributed by atoms with Gasteiger partial charge >= 0.3 is 5.97 Å². The third kappa shape index (κ3) is 11.6. The van der Waals surface area contributed by atoms with Crippen LogP contribution in [0, 0.1) is 11.8 Å². The van der Waals surface area contributed by atoms with E-state index in [0.29, 0.717) is 70.1 Å². The highest BCUT2D eigenvalue weighted by Crippen LogP contribution is 2.51. The lowest BCUT2D eigenvalue weighted by molar-refractivity contribution is -0.346. The highest BCUT2D eigenvalue weighted by atomic mass is 16.8. The number of aliphatic hydroxyl groups is 3. The fourth-order valence-corrected chi connectivity index (χ4v) is 16.1. The molecule has 18 nitrogen and oxygen atoms in total. The van der Waals surface area contributed by atoms with Gasteiger partial charge in [0.1, 0.15) is 30.5 Å². The molecular weight excluding hydrogens is 997 g/mol. The Hall–Kier alpha value is -1.69. The first-order valence-electron chi connectivity index (χ1n) is 30.1. The van der Waals surface area contributed by atoms with Crippen LogP contribution in [0.2, 0.25) is 0 Å². The highest BCUT2D eigenvalue weighted by Gasteiger charge is 2.62. The third-order valence-corrected chi connectivity index (χ3v) is 20.1. The fraction of sp³-hybridized carbons (Fsp3) is 0.915. The van der Waals surface area contributed by atoms with Gasteiger partial charge in [-0.25, -0.2) is 0 Å². The van der Waals surface area contributed by atoms with Crippen molar-refractivity contribution in [3.05, 3.63) is 24.3 Å². The lowest BCUT2D eigenvalue weighted by atomic mass is 9.83. The zero-order chi connectivity index (χ0) is 53.3. The van der Waals surface area contributed by atoms with Crippen LogP contribution in [0.5, 0.6) is 0 Å². The average Bonchev–Trinajstić information content (AvgIpc) is 4.37. The quantitative estimate of drug-likeness (QED) is 0.120. The molecule has 12 fully saturated rings. The lowest BCUT2D eigenvalue weighted by Gasteiger charge is -2.50. The largest absolute Gasteiger partial charge is 0.460 e. The Morgan fingerprint density at radius 3 is 2.39 bits per heavy atom. The topological polar surface area (TPSA) is 207 Å². The molecule has 1 spiro atoms. The smallest absolute Gasteiger partial charge is 0.308 e. The summed E-state index contributed by atoms with van der Waals surface area (Å²) in [6, 6.07) is 0. The van der Waals surface area contributed by atoms with E-state index in [9.17, 15) is 20.1 Å². The lowest BCUT2D eigenvalue weighted by Crippen LogP contribution is -2.64. The van der Waals surface area contributed by atoms with Crippen LogP contribution >= 0.6 is 0 Å². The van der Waals surface area contributed by atoms with Gasteiger partial charge in [0.05, 0.1) is 123 Å². The monoisotopic (exact) mass is 1090 g/mol. The Balaban J connectivity index is 0.602. The molecule has 27 atom stereocenters. The normalized spacial score (nSPS) is 50.6. The van der Waals surface area contributed by atoms with Crippen LogP contribution in [0.15, 0.2) is 24.3 Å². The highest BCUT2D eigenvalue weighted by molar-refractivity contribution is 5.70. The number of esters is 1. The Morgan fingerprint density at radius 1 is 0.727 bits per heavy atom. The first-order valence-corrected chi connectivity index (χ1v) is 30.1. The van der Waals surface area contributed by atoms with Crippen molar-refractivity contribution in [2.45, 2.75) is 308 Å². The molecule has 12 aliphatic rings. The van der Waals surface area contributed by atoms with Crippen LogP contribution in [-0.2, 0) is 71.1 Å². The first kappa shape index (κ1) is 55.8. The minimum absolute atomic E-state index is 0.0157. The van der Waals surface area contributed by atoms with Crippen molar-refractivity contribution < 1.29 is 86.4 Å². The van der Waals surface area contributed by atoms with Crippen molar-refractivity contribution >= 4 is 5.97 Å². The zero-order valence-corrected chi connectivity index (χ0v) is 46.1. The second-order valence-electron chi connectivity index (χ2n) is 25.5. The van der Waals surface area contributed by atoms with Gasteiger partial charge in [-0.05, 0) is 93.6 Å². The molecule has 18 heteroatoms. The number of aliphatic hydroxyl groups excluding tert-OH is 3. The molecule has 0 aromatic carbocycles. The average molecular weight is 1090 g/mol. The Labute approximate surface area is 455 Å². The number of carbonyl (C=O) groups excluding carboxylic acids is 1. The van der Waals surface area contributed by atoms with Gasteiger partial charge in [-0.3, -0.25) is 4.79 Å². The van der Waals surface area contributed by atoms with Crippen molar-refractivity contribution in [3.8, 4) is 0 Å². The number of rotatable bonds is 16. The van der Waals surface area contributed by atoms with E-state index in [0.717, 1.165) is 63.4 Å². The second-order valence-corrected chi connectivity index (χ2v) is 25.5. The molecule has 434 valence electrons. The summed E-state index contributed by atoms with van der Waals surface area (Å²) >= 11 is 0. The number of fused-ring (bicyclic) bond motifs is 10. The molecule has 0 radical (unpaired) electrons. The van der Waals surface area contributed by atoms with E-state index >= 15 is 0 Å². The van der Waals surface area contributed by atoms with Gasteiger partial charge in [-0.2, -0.15) is 0 Å². The van der Waals surface area contributed by atoms with Crippen LogP contribution in [0.4, 0.5) is 0 Å². The molecule has 12 heterocycles. The molecular formula is C59H90O18. The van der Waals surface area contributed by atoms with Gasteiger partial charge in [0.2, 0.25) is 0 Å². The van der Waals surface area contributed by atoms with Crippen molar-refractivity contribution in [1.82, 2.24) is 0 Å². The number of hydrogen-bond acceptors (Lipinski definition) is 18. The predicted molar refractivity (Wildman–Crippen MR) is 274 cm³/mol. The molecule has 3 N–H and O–H groups in total. The van der Waals surface area contributed by atoms with E-state index in [1.54, 1.807) is 7.11 Å². The Morgan fingerprint density at radius 2 is 1.56 bits per heavy atom. The molecule has 4 bridgehead atoms. The molecule has 3 unspecified atom stereocenters. The maximum atomic E-state index is 13.7. The van der Waals surface area contributed by atoms with E-state index in [4.69, 9.17) is 66.3 Å². The fourth-order valence-electron chi connectivity index (χ4n) is 16.1. The van der Waals surface area contributed by atoms with Crippen LogP contribution in [-0.4, -0.2) is 194 Å². The van der Waals surface area contributed by atoms with E-state index in [2.05, 4.69) is 33.9 Å². The molecule has 0 aromatic rings. The van der Waals surface area contributed by atoms with Crippen molar-refractivity contribution in [1.29, 1.82) is 0 Å². The van der Waals surface area contributed by atoms with E-state index in [1.807, 2.05) is 0 Å². The van der Waals surface area contributed by atoms with E-state index < -0.39 is 54.3 Å². The molecule has 0 aliphatic carbocycles. The molecule has 12 aliphatic heterocycles. The molecule has 77 heavy (non-hydrogen) atoms. The predicted octanol–water partition coefficient (Wildman–Crippen LogP) is 5.98. The van der Waals surface area contributed by atoms with Crippen molar-refractivity contribution in [2.75, 3.05) is 20.3 Å². The van der Waals surface area contributed by atoms with Gasteiger partial charge in [0, 0.05) is 71.5 Å². The maximum absolute atomic E-state index is 13.7. The van der Waals surface area contributed by atoms with Gasteiger partial charge in [0.15, 0.2) is 11.6 Å². The maximum Gasteiger partial charge on any atom is 0.308 e. The summed E-state index contributed by atoms with van der Waals surface area (Å²) in [4.78, 5) is 13.7. The number of ether oxygens (including phenoxy) is 14. The van der Waals surface area contributed by atoms with Crippen LogP contribution in [0.25, 0.3) is 0 Å². The summed E-state index contributed by atoms with van der Waals surface area (Å²) in [6.45, 7) is 15.5. The number of carbonyl (C=O) groups is 1. The Bertz CT molecular complexity index is 2080. The first-order chi connectivity index (χ1) is 37.2. The van der Waals surface area contributed by atoms with Crippen molar-refractivity contribution in [3.63, 3.8) is 0 Å². The SMILES string of the molecule is C=C1C[C@H](CC[C@]23CC[C@H](O2)[C@@H]2O[C@H]4CC[C@H](CC(=O)O[C@H]5CO[C@H]6C[C@H]7O[C@@H](C[C@@H]8O[C@@]9(CC[C@@H]8O)C[C@H](C)[C@@H]8O[C@H]([C@@H](O)CCO)C[C@@H]8O9)CC7OC6C5)O[C@@H]4[C@H](O3)C2OC)O[C@H]1CC[C@H]1C[C@@H](C)C(=C)[C@@H](CC)O1. The van der Waals surface area contributed by atoms with Gasteiger partial charge in [-0.15, -0.1) is 0 Å². The Kier molecular flexibility index (Phi) is 16.8. The zero-order valence-electron chi connectivity index (χ0n) is 46.1. The van der Waals surface area contributed by atoms with Gasteiger partial charge < -0.3 is 81.6 Å². The summed E-state index contributed by atoms with van der Waals surface area (Å²) in [6.07, 6.45) is 8.09. The summed E-state index contributed by atoms with van der Waals surface area (Å²) in [5.74, 6) is -1.40. The summed E-state index contributed by atoms with van der Waals surface area (Å²) in [5.41, 5.74) is 2.37. The second kappa shape index (κ2) is 23.2. The molecule has 0 aromatic heterocycles. The third-order valence-electron chi connectivity index (χ3n) is 20.1. The minimum Gasteiger partial charge on any atom is -0.460 e. The van der Waals surface area contributed by atoms with Crippen molar-refractivity contribution in [2.24, 2.45) is 11.8 Å². The minimum atomic E-state index is -0.843. The van der Waals surface area contributed by atoms with E-state index in [-0.39, 0.29) is 136 Å². The molecule has 12 rings (SSSR count). The van der Waals surface area contributed by atoms with Crippen LogP contribution in [0.3, 0.4) is 0 Å². The van der Waals surface area contributed by atoms with Crippen LogP contribution < -0.4 is 0 Å². The summed E-state index contributed by atoms with van der Waals surface area (Å²) in [5, 5.41) is 31.2. The summed E-state index contributed by atoms with van der Waals surface area (Å²) in [7, 11) is 1.70. The van der Waals surface area contributed by atoms with E-state index in [1.165, 1.54) is 5.57 Å². The van der Waals surface area contributed by atoms with Crippen LogP contribution in [0.1, 0.15) is 156 Å². The number of hydrogen-bond donors (Lipinski definition) is 3. The molecule has 12 saturated heterocycles. The summed E-state index contributed by atoms with van der Waals surface area (Å²) < 4.78 is 92.2. The molecule has 0 saturated carbocycles. The molecule has 0 amide bonds. The van der Waals surface area contributed by atoms with Gasteiger partial charge in [-0.1, -0.05) is 33.9 Å². The van der Waals surface area contributed by atoms with Gasteiger partial charge in [0.25, 0.3) is 0 Å². The number of methoxy groups -OCH3 is 1.